The molecule has 7 nitrogen and oxygen atoms in total. The number of hydrogen-bond acceptors (Lipinski definition) is 7. The standard InChI is InChI=1S/C10H15ClN2O5S2/c1-5-7(19-9(11)12-5)6-8(13-20(14,15)16-4)18-10(2,3)17-6/h6,8,13H,1-4H3. The van der Waals surface area contributed by atoms with Gasteiger partial charge in [-0.25, -0.2) is 4.98 Å². The van der Waals surface area contributed by atoms with Gasteiger partial charge in [0.2, 0.25) is 0 Å². The lowest BCUT2D eigenvalue weighted by atomic mass is 10.2. The molecule has 0 aliphatic carbocycles. The summed E-state index contributed by atoms with van der Waals surface area (Å²) in [7, 11) is -2.84. The van der Waals surface area contributed by atoms with Crippen LogP contribution in [0.1, 0.15) is 30.5 Å². The average molecular weight is 343 g/mol. The second kappa shape index (κ2) is 5.48. The minimum Gasteiger partial charge on any atom is -0.337 e. The molecule has 1 aliphatic heterocycles. The van der Waals surface area contributed by atoms with E-state index in [0.29, 0.717) is 15.0 Å². The molecule has 1 aromatic heterocycles. The SMILES string of the molecule is COS(=O)(=O)NC1OC(C)(C)OC1c1sc(Cl)nc1C. The highest BCUT2D eigenvalue weighted by Crippen LogP contribution is 2.41. The van der Waals surface area contributed by atoms with Crippen LogP contribution in [0.4, 0.5) is 0 Å². The molecular formula is C10H15ClN2O5S2. The number of rotatable bonds is 4. The first-order chi connectivity index (χ1) is 9.13. The topological polar surface area (TPSA) is 86.8 Å². The van der Waals surface area contributed by atoms with Crippen LogP contribution < -0.4 is 4.72 Å². The Morgan fingerprint density at radius 3 is 2.60 bits per heavy atom. The normalized spacial score (nSPS) is 26.1. The number of halogens is 1. The van der Waals surface area contributed by atoms with Crippen molar-refractivity contribution in [1.29, 1.82) is 0 Å². The Bertz CT molecular complexity index is 601. The van der Waals surface area contributed by atoms with E-state index in [2.05, 4.69) is 13.9 Å². The fraction of sp³-hybridized carbons (Fsp3) is 0.700. The van der Waals surface area contributed by atoms with E-state index in [4.69, 9.17) is 21.1 Å². The van der Waals surface area contributed by atoms with Gasteiger partial charge in [-0.05, 0) is 20.8 Å². The van der Waals surface area contributed by atoms with Crippen molar-refractivity contribution < 1.29 is 22.1 Å². The number of ether oxygens (including phenoxy) is 2. The van der Waals surface area contributed by atoms with Crippen LogP contribution in [0.15, 0.2) is 0 Å². The Labute approximate surface area is 126 Å². The van der Waals surface area contributed by atoms with E-state index < -0.39 is 28.4 Å². The molecule has 1 N–H and O–H groups in total. The van der Waals surface area contributed by atoms with Gasteiger partial charge in [0, 0.05) is 0 Å². The van der Waals surface area contributed by atoms with Gasteiger partial charge in [-0.2, -0.15) is 13.1 Å². The first-order valence-electron chi connectivity index (χ1n) is 5.70. The molecule has 20 heavy (non-hydrogen) atoms. The van der Waals surface area contributed by atoms with E-state index in [9.17, 15) is 8.42 Å². The molecule has 2 unspecified atom stereocenters. The molecule has 0 aromatic carbocycles. The number of nitrogens with one attached hydrogen (secondary N) is 1. The van der Waals surface area contributed by atoms with Gasteiger partial charge in [-0.3, -0.25) is 4.18 Å². The predicted molar refractivity (Wildman–Crippen MR) is 73.7 cm³/mol. The maximum Gasteiger partial charge on any atom is 0.337 e. The van der Waals surface area contributed by atoms with Gasteiger partial charge in [-0.15, -0.1) is 11.3 Å². The summed E-state index contributed by atoms with van der Waals surface area (Å²) in [6.07, 6.45) is -1.55. The summed E-state index contributed by atoms with van der Waals surface area (Å²) in [5.41, 5.74) is 0.674. The maximum absolute atomic E-state index is 11.5. The monoisotopic (exact) mass is 342 g/mol. The highest BCUT2D eigenvalue weighted by atomic mass is 35.5. The number of hydrogen-bond donors (Lipinski definition) is 1. The number of aromatic nitrogens is 1. The summed E-state index contributed by atoms with van der Waals surface area (Å²) in [6, 6.07) is 0. The quantitative estimate of drug-likeness (QED) is 0.896. The first-order valence-corrected chi connectivity index (χ1v) is 8.30. The molecule has 114 valence electrons. The Balaban J connectivity index is 2.31. The molecule has 2 heterocycles. The molecule has 1 saturated heterocycles. The van der Waals surface area contributed by atoms with Crippen LogP contribution in [0.25, 0.3) is 0 Å². The van der Waals surface area contributed by atoms with Gasteiger partial charge in [0.1, 0.15) is 6.10 Å². The van der Waals surface area contributed by atoms with E-state index in [1.165, 1.54) is 11.3 Å². The van der Waals surface area contributed by atoms with E-state index in [0.717, 1.165) is 7.11 Å². The van der Waals surface area contributed by atoms with Crippen molar-refractivity contribution in [3.8, 4) is 0 Å². The zero-order valence-electron chi connectivity index (χ0n) is 11.3. The van der Waals surface area contributed by atoms with Crippen molar-refractivity contribution in [2.75, 3.05) is 7.11 Å². The molecule has 10 heteroatoms. The second-order valence-corrected chi connectivity index (χ2v) is 7.72. The first kappa shape index (κ1) is 16.1. The van der Waals surface area contributed by atoms with Gasteiger partial charge in [0.15, 0.2) is 16.5 Å². The third-order valence-electron chi connectivity index (χ3n) is 2.64. The number of nitrogens with zero attached hydrogens (tertiary/aromatic N) is 1. The van der Waals surface area contributed by atoms with Gasteiger partial charge in [-0.1, -0.05) is 11.6 Å². The highest BCUT2D eigenvalue weighted by molar-refractivity contribution is 7.84. The van der Waals surface area contributed by atoms with Crippen LogP contribution in [-0.2, 0) is 24.0 Å². The van der Waals surface area contributed by atoms with E-state index >= 15 is 0 Å². The maximum atomic E-state index is 11.5. The average Bonchev–Trinajstić information content (AvgIpc) is 2.77. The van der Waals surface area contributed by atoms with Crippen molar-refractivity contribution in [3.63, 3.8) is 0 Å². The number of thiazole rings is 1. The van der Waals surface area contributed by atoms with Crippen molar-refractivity contribution in [2.45, 2.75) is 38.9 Å². The zero-order valence-corrected chi connectivity index (χ0v) is 13.7. The van der Waals surface area contributed by atoms with Gasteiger partial charge < -0.3 is 9.47 Å². The molecule has 1 aromatic rings. The molecule has 0 bridgehead atoms. The summed E-state index contributed by atoms with van der Waals surface area (Å²) in [5.74, 6) is -0.936. The summed E-state index contributed by atoms with van der Waals surface area (Å²) in [6.45, 7) is 5.16. The van der Waals surface area contributed by atoms with Crippen LogP contribution in [0.3, 0.4) is 0 Å². The van der Waals surface area contributed by atoms with Crippen LogP contribution in [-0.4, -0.2) is 32.5 Å². The lowest BCUT2D eigenvalue weighted by molar-refractivity contribution is -0.147. The minimum absolute atomic E-state index is 0.360. The molecule has 2 atom stereocenters. The Kier molecular flexibility index (Phi) is 4.41. The lowest BCUT2D eigenvalue weighted by Gasteiger charge is -2.16. The molecule has 0 radical (unpaired) electrons. The smallest absolute Gasteiger partial charge is 0.337 e. The Morgan fingerprint density at radius 1 is 1.45 bits per heavy atom. The third-order valence-corrected chi connectivity index (χ3v) is 4.92. The third kappa shape index (κ3) is 3.48. The summed E-state index contributed by atoms with van der Waals surface area (Å²) < 4.78 is 41.4. The fourth-order valence-corrected chi connectivity index (χ4v) is 3.64. The van der Waals surface area contributed by atoms with Gasteiger partial charge in [0.05, 0.1) is 17.7 Å². The van der Waals surface area contributed by atoms with Crippen molar-refractivity contribution in [3.05, 3.63) is 15.0 Å². The molecule has 0 spiro atoms. The van der Waals surface area contributed by atoms with Crippen molar-refractivity contribution in [1.82, 2.24) is 9.71 Å². The molecular weight excluding hydrogens is 328 g/mol. The van der Waals surface area contributed by atoms with Crippen molar-refractivity contribution >= 4 is 33.2 Å². The number of aryl methyl sites for hydroxylation is 1. The van der Waals surface area contributed by atoms with E-state index in [-0.39, 0.29) is 0 Å². The molecule has 2 rings (SSSR count). The van der Waals surface area contributed by atoms with Crippen molar-refractivity contribution in [2.24, 2.45) is 0 Å². The van der Waals surface area contributed by atoms with Crippen LogP contribution in [0.5, 0.6) is 0 Å². The lowest BCUT2D eigenvalue weighted by Crippen LogP contribution is -2.39. The predicted octanol–water partition coefficient (Wildman–Crippen LogP) is 1.74. The Morgan fingerprint density at radius 2 is 2.10 bits per heavy atom. The minimum atomic E-state index is -3.90. The summed E-state index contributed by atoms with van der Waals surface area (Å²) >= 11 is 7.09. The Hall–Kier alpha value is -0.290. The molecule has 1 fully saturated rings. The summed E-state index contributed by atoms with van der Waals surface area (Å²) in [5, 5.41) is 0. The highest BCUT2D eigenvalue weighted by Gasteiger charge is 2.45. The van der Waals surface area contributed by atoms with E-state index in [1.54, 1.807) is 20.8 Å². The van der Waals surface area contributed by atoms with E-state index in [1.807, 2.05) is 0 Å². The molecule has 0 amide bonds. The van der Waals surface area contributed by atoms with Gasteiger partial charge in [0.25, 0.3) is 0 Å². The largest absolute Gasteiger partial charge is 0.337 e. The van der Waals surface area contributed by atoms with Crippen LogP contribution in [0.2, 0.25) is 4.47 Å². The van der Waals surface area contributed by atoms with Crippen LogP contribution >= 0.6 is 22.9 Å². The second-order valence-electron chi connectivity index (χ2n) is 4.63. The zero-order chi connectivity index (χ0) is 15.1. The summed E-state index contributed by atoms with van der Waals surface area (Å²) in [4.78, 5) is 4.81. The molecule has 1 aliphatic rings. The van der Waals surface area contributed by atoms with Gasteiger partial charge >= 0.3 is 10.3 Å². The molecule has 0 saturated carbocycles. The fourth-order valence-electron chi connectivity index (χ4n) is 1.87. The van der Waals surface area contributed by atoms with Crippen LogP contribution in [0, 0.1) is 6.92 Å².